The predicted molar refractivity (Wildman–Crippen MR) is 52.3 cm³/mol. The Labute approximate surface area is 91.2 Å². The molecule has 0 aliphatic heterocycles. The average molecular weight is 252 g/mol. The Morgan fingerprint density at radius 3 is 2.38 bits per heavy atom. The lowest BCUT2D eigenvalue weighted by molar-refractivity contribution is 0.126. The summed E-state index contributed by atoms with van der Waals surface area (Å²) in [6.45, 7) is -0.882. The predicted octanol–water partition coefficient (Wildman–Crippen LogP) is -0.0556. The summed E-state index contributed by atoms with van der Waals surface area (Å²) in [7, 11) is -2.92. The zero-order valence-electron chi connectivity index (χ0n) is 8.34. The highest BCUT2D eigenvalue weighted by molar-refractivity contribution is 7.89. The van der Waals surface area contributed by atoms with Crippen molar-refractivity contribution in [2.45, 2.75) is 11.3 Å². The highest BCUT2D eigenvalue weighted by Crippen LogP contribution is 2.13. The number of nitrogens with zero attached hydrogens (tertiary/aromatic N) is 3. The van der Waals surface area contributed by atoms with Crippen LogP contribution in [0.3, 0.4) is 0 Å². The molecule has 6 nitrogen and oxygen atoms in total. The van der Waals surface area contributed by atoms with Gasteiger partial charge in [-0.3, -0.25) is 0 Å². The molecule has 0 aliphatic rings. The Morgan fingerprint density at radius 1 is 1.44 bits per heavy atom. The third-order valence-electron chi connectivity index (χ3n) is 1.75. The lowest BCUT2D eigenvalue weighted by Gasteiger charge is -2.15. The molecule has 1 heterocycles. The molecule has 0 saturated carbocycles. The topological polar surface area (TPSA) is 89.2 Å². The van der Waals surface area contributed by atoms with E-state index >= 15 is 0 Å². The summed E-state index contributed by atoms with van der Waals surface area (Å²) < 4.78 is 47.9. The molecule has 0 saturated heterocycles. The molecule has 9 heteroatoms. The third kappa shape index (κ3) is 2.83. The van der Waals surface area contributed by atoms with E-state index in [2.05, 4.69) is 9.97 Å². The summed E-state index contributed by atoms with van der Waals surface area (Å²) in [5.74, 6) is -0.0875. The molecule has 1 rings (SSSR count). The molecule has 90 valence electrons. The molecule has 0 aliphatic carbocycles. The van der Waals surface area contributed by atoms with E-state index in [-0.39, 0.29) is 10.8 Å². The second-order valence-corrected chi connectivity index (χ2v) is 5.00. The van der Waals surface area contributed by atoms with Gasteiger partial charge in [-0.25, -0.2) is 27.2 Å². The zero-order valence-corrected chi connectivity index (χ0v) is 9.16. The van der Waals surface area contributed by atoms with Crippen molar-refractivity contribution in [3.8, 4) is 0 Å². The van der Waals surface area contributed by atoms with Crippen LogP contribution in [0.15, 0.2) is 17.3 Å². The molecule has 2 N–H and O–H groups in total. The molecule has 0 bridgehead atoms. The highest BCUT2D eigenvalue weighted by Gasteiger charge is 2.24. The first-order valence-electron chi connectivity index (χ1n) is 4.16. The zero-order chi connectivity index (χ0) is 12.3. The Kier molecular flexibility index (Phi) is 3.70. The van der Waals surface area contributed by atoms with Gasteiger partial charge in [0.2, 0.25) is 16.0 Å². The molecule has 0 atom stereocenters. The number of hydrogen-bond acceptors (Lipinski definition) is 5. The molecular weight excluding hydrogens is 242 g/mol. The van der Waals surface area contributed by atoms with Gasteiger partial charge in [0.05, 0.1) is 18.9 Å². The van der Waals surface area contributed by atoms with Crippen molar-refractivity contribution in [2.24, 2.45) is 0 Å². The van der Waals surface area contributed by atoms with Crippen LogP contribution in [0.2, 0.25) is 0 Å². The summed E-state index contributed by atoms with van der Waals surface area (Å²) in [6, 6.07) is 0. The molecule has 0 radical (unpaired) electrons. The molecule has 1 aromatic rings. The Morgan fingerprint density at radius 2 is 1.94 bits per heavy atom. The number of alkyl halides is 2. The van der Waals surface area contributed by atoms with Gasteiger partial charge in [-0.2, -0.15) is 4.31 Å². The number of hydrogen-bond donors (Lipinski definition) is 1. The normalized spacial score (nSPS) is 12.3. The van der Waals surface area contributed by atoms with Crippen LogP contribution in [0.4, 0.5) is 14.7 Å². The summed E-state index contributed by atoms with van der Waals surface area (Å²) in [6.07, 6.45) is -0.798. The van der Waals surface area contributed by atoms with E-state index in [9.17, 15) is 17.2 Å². The summed E-state index contributed by atoms with van der Waals surface area (Å²) in [5.41, 5.74) is 5.18. The van der Waals surface area contributed by atoms with Crippen molar-refractivity contribution in [1.29, 1.82) is 0 Å². The molecule has 1 aromatic heterocycles. The van der Waals surface area contributed by atoms with Crippen molar-refractivity contribution >= 4 is 16.0 Å². The van der Waals surface area contributed by atoms with Crippen LogP contribution in [0, 0.1) is 0 Å². The van der Waals surface area contributed by atoms with Crippen LogP contribution in [-0.4, -0.2) is 42.7 Å². The first kappa shape index (κ1) is 12.7. The molecule has 0 amide bonds. The Bertz CT molecular complexity index is 448. The number of rotatable bonds is 4. The van der Waals surface area contributed by atoms with E-state index in [0.717, 1.165) is 19.4 Å². The standard InChI is InChI=1S/C7H10F2N4O2S/c1-13(4-6(8)9)16(14,15)5-2-11-7(10)12-3-5/h2-3,6H,4H2,1H3,(H2,10,11,12). The average Bonchev–Trinajstić information content (AvgIpc) is 2.17. The van der Waals surface area contributed by atoms with Crippen LogP contribution in [-0.2, 0) is 10.0 Å². The van der Waals surface area contributed by atoms with E-state index in [1.807, 2.05) is 0 Å². The van der Waals surface area contributed by atoms with Gasteiger partial charge >= 0.3 is 0 Å². The first-order valence-corrected chi connectivity index (χ1v) is 5.60. The number of aromatic nitrogens is 2. The second-order valence-electron chi connectivity index (χ2n) is 2.95. The minimum atomic E-state index is -3.98. The molecule has 0 spiro atoms. The van der Waals surface area contributed by atoms with Crippen LogP contribution in [0.25, 0.3) is 0 Å². The van der Waals surface area contributed by atoms with Crippen LogP contribution < -0.4 is 5.73 Å². The summed E-state index contributed by atoms with van der Waals surface area (Å²) in [5, 5.41) is 0. The van der Waals surface area contributed by atoms with Gasteiger partial charge in [-0.15, -0.1) is 0 Å². The van der Waals surface area contributed by atoms with Crippen molar-refractivity contribution in [1.82, 2.24) is 14.3 Å². The number of nitrogens with two attached hydrogens (primary N) is 1. The second kappa shape index (κ2) is 4.66. The Balaban J connectivity index is 2.97. The summed E-state index contributed by atoms with van der Waals surface area (Å²) >= 11 is 0. The SMILES string of the molecule is CN(CC(F)F)S(=O)(=O)c1cnc(N)nc1. The fraction of sp³-hybridized carbons (Fsp3) is 0.429. The van der Waals surface area contributed by atoms with E-state index in [0.29, 0.717) is 4.31 Å². The van der Waals surface area contributed by atoms with Crippen LogP contribution >= 0.6 is 0 Å². The van der Waals surface area contributed by atoms with Gasteiger partial charge < -0.3 is 5.73 Å². The first-order chi connectivity index (χ1) is 7.34. The van der Waals surface area contributed by atoms with E-state index in [1.54, 1.807) is 0 Å². The van der Waals surface area contributed by atoms with Crippen molar-refractivity contribution in [3.63, 3.8) is 0 Å². The van der Waals surface area contributed by atoms with E-state index in [1.165, 1.54) is 0 Å². The number of sulfonamides is 1. The fourth-order valence-electron chi connectivity index (χ4n) is 0.932. The summed E-state index contributed by atoms with van der Waals surface area (Å²) in [4.78, 5) is 6.69. The van der Waals surface area contributed by atoms with Crippen LogP contribution in [0.5, 0.6) is 0 Å². The quantitative estimate of drug-likeness (QED) is 0.811. The molecule has 0 fully saturated rings. The van der Waals surface area contributed by atoms with Gasteiger partial charge in [0.15, 0.2) is 0 Å². The van der Waals surface area contributed by atoms with E-state index < -0.39 is 23.0 Å². The molecular formula is C7H10F2N4O2S. The number of halogens is 2. The van der Waals surface area contributed by atoms with Gasteiger partial charge in [0.1, 0.15) is 4.90 Å². The monoisotopic (exact) mass is 252 g/mol. The Hall–Kier alpha value is -1.35. The maximum atomic E-state index is 12.0. The largest absolute Gasteiger partial charge is 0.368 e. The van der Waals surface area contributed by atoms with Crippen molar-refractivity contribution < 1.29 is 17.2 Å². The van der Waals surface area contributed by atoms with Crippen LogP contribution in [0.1, 0.15) is 0 Å². The smallest absolute Gasteiger partial charge is 0.252 e. The fourth-order valence-corrected chi connectivity index (χ4v) is 1.97. The third-order valence-corrected chi connectivity index (χ3v) is 3.53. The van der Waals surface area contributed by atoms with Gasteiger partial charge in [0.25, 0.3) is 6.43 Å². The van der Waals surface area contributed by atoms with Gasteiger partial charge in [-0.05, 0) is 0 Å². The molecule has 16 heavy (non-hydrogen) atoms. The van der Waals surface area contributed by atoms with Crippen molar-refractivity contribution in [2.75, 3.05) is 19.3 Å². The number of anilines is 1. The molecule has 0 aromatic carbocycles. The lowest BCUT2D eigenvalue weighted by atomic mass is 10.7. The number of nitrogen functional groups attached to an aromatic ring is 1. The highest BCUT2D eigenvalue weighted by atomic mass is 32.2. The van der Waals surface area contributed by atoms with E-state index in [4.69, 9.17) is 5.73 Å². The maximum absolute atomic E-state index is 12.0. The van der Waals surface area contributed by atoms with Gasteiger partial charge in [-0.1, -0.05) is 0 Å². The minimum absolute atomic E-state index is 0.0875. The van der Waals surface area contributed by atoms with Crippen molar-refractivity contribution in [3.05, 3.63) is 12.4 Å². The van der Waals surface area contributed by atoms with Gasteiger partial charge in [0, 0.05) is 7.05 Å². The molecule has 0 unspecified atom stereocenters. The maximum Gasteiger partial charge on any atom is 0.252 e. The lowest BCUT2D eigenvalue weighted by Crippen LogP contribution is -2.31. The minimum Gasteiger partial charge on any atom is -0.368 e.